The van der Waals surface area contributed by atoms with E-state index in [9.17, 15) is 26.3 Å². The molecule has 8 heteroatoms. The first kappa shape index (κ1) is 15.0. The van der Waals surface area contributed by atoms with E-state index in [1.165, 1.54) is 0 Å². The molecule has 0 bridgehead atoms. The Hall–Kier alpha value is -1.44. The Morgan fingerprint density at radius 2 is 1.40 bits per heavy atom. The van der Waals surface area contributed by atoms with Crippen LogP contribution < -0.4 is 10.5 Å². The van der Waals surface area contributed by atoms with Crippen LogP contribution in [0.3, 0.4) is 0 Å². The van der Waals surface area contributed by atoms with Gasteiger partial charge >= 0.3 is 12.4 Å². The molecule has 1 aliphatic rings. The fourth-order valence-corrected chi connectivity index (χ4v) is 1.54. The van der Waals surface area contributed by atoms with Crippen molar-refractivity contribution in [3.8, 4) is 5.75 Å². The number of hydrogen-bond donors (Lipinski definition) is 1. The topological polar surface area (TPSA) is 35.2 Å². The first-order valence-electron chi connectivity index (χ1n) is 5.71. The Bertz CT molecular complexity index is 471. The third-order valence-corrected chi connectivity index (χ3v) is 2.98. The molecule has 0 heterocycles. The van der Waals surface area contributed by atoms with Gasteiger partial charge in [-0.05, 0) is 31.0 Å². The van der Waals surface area contributed by atoms with Crippen LogP contribution in [0.15, 0.2) is 18.2 Å². The zero-order chi connectivity index (χ0) is 15.2. The monoisotopic (exact) mass is 299 g/mol. The minimum absolute atomic E-state index is 0.0577. The maximum atomic E-state index is 12.6. The molecule has 1 aromatic carbocycles. The summed E-state index contributed by atoms with van der Waals surface area (Å²) in [7, 11) is 0. The van der Waals surface area contributed by atoms with E-state index in [1.807, 2.05) is 0 Å². The van der Waals surface area contributed by atoms with Crippen molar-refractivity contribution in [1.82, 2.24) is 0 Å². The number of halogens is 6. The highest BCUT2D eigenvalue weighted by molar-refractivity contribution is 5.37. The molecule has 1 fully saturated rings. The molecular weight excluding hydrogens is 288 g/mol. The van der Waals surface area contributed by atoms with E-state index < -0.39 is 34.8 Å². The molecule has 1 saturated carbocycles. The molecule has 2 N–H and O–H groups in total. The van der Waals surface area contributed by atoms with E-state index in [2.05, 4.69) is 0 Å². The smallest absolute Gasteiger partial charge is 0.416 e. The van der Waals surface area contributed by atoms with Crippen LogP contribution in [0.2, 0.25) is 0 Å². The van der Waals surface area contributed by atoms with Crippen LogP contribution in [0.5, 0.6) is 5.75 Å². The Morgan fingerprint density at radius 3 is 1.75 bits per heavy atom. The molecule has 0 amide bonds. The summed E-state index contributed by atoms with van der Waals surface area (Å²) in [6.45, 7) is -0.106. The van der Waals surface area contributed by atoms with E-state index in [0.717, 1.165) is 0 Å². The predicted octanol–water partition coefficient (Wildman–Crippen LogP) is 3.59. The SMILES string of the molecule is NC1(COc2cc(C(F)(F)F)cc(C(F)(F)F)c2)CC1. The van der Waals surface area contributed by atoms with Gasteiger partial charge in [0, 0.05) is 0 Å². The molecule has 1 aromatic rings. The highest BCUT2D eigenvalue weighted by Crippen LogP contribution is 2.39. The fraction of sp³-hybridized carbons (Fsp3) is 0.500. The zero-order valence-corrected chi connectivity index (χ0v) is 10.1. The van der Waals surface area contributed by atoms with Crippen molar-refractivity contribution in [2.24, 2.45) is 5.73 Å². The van der Waals surface area contributed by atoms with E-state index in [0.29, 0.717) is 25.0 Å². The molecule has 0 aliphatic heterocycles. The van der Waals surface area contributed by atoms with Crippen LogP contribution in [-0.4, -0.2) is 12.1 Å². The maximum absolute atomic E-state index is 12.6. The summed E-state index contributed by atoms with van der Waals surface area (Å²) in [4.78, 5) is 0. The Balaban J connectivity index is 2.30. The summed E-state index contributed by atoms with van der Waals surface area (Å²) in [6, 6.07) is 1.14. The van der Waals surface area contributed by atoms with Gasteiger partial charge in [0.05, 0.1) is 16.7 Å². The molecule has 0 aromatic heterocycles. The van der Waals surface area contributed by atoms with Gasteiger partial charge in [0.15, 0.2) is 0 Å². The number of ether oxygens (including phenoxy) is 1. The highest BCUT2D eigenvalue weighted by Gasteiger charge is 2.40. The molecule has 1 aliphatic carbocycles. The third-order valence-electron chi connectivity index (χ3n) is 2.98. The summed E-state index contributed by atoms with van der Waals surface area (Å²) < 4.78 is 80.4. The van der Waals surface area contributed by atoms with E-state index in [1.54, 1.807) is 0 Å². The molecule has 0 saturated heterocycles. The number of hydrogen-bond acceptors (Lipinski definition) is 2. The van der Waals surface area contributed by atoms with Crippen LogP contribution in [0.1, 0.15) is 24.0 Å². The second kappa shape index (κ2) is 4.54. The summed E-state index contributed by atoms with van der Waals surface area (Å²) in [5.74, 6) is -0.483. The summed E-state index contributed by atoms with van der Waals surface area (Å²) in [6.07, 6.45) is -8.48. The minimum atomic E-state index is -4.88. The third kappa shape index (κ3) is 3.56. The average molecular weight is 299 g/mol. The first-order valence-corrected chi connectivity index (χ1v) is 5.71. The fourth-order valence-electron chi connectivity index (χ4n) is 1.54. The van der Waals surface area contributed by atoms with Gasteiger partial charge in [-0.1, -0.05) is 0 Å². The number of benzene rings is 1. The van der Waals surface area contributed by atoms with Crippen molar-refractivity contribution in [2.45, 2.75) is 30.7 Å². The van der Waals surface area contributed by atoms with Crippen LogP contribution in [-0.2, 0) is 12.4 Å². The lowest BCUT2D eigenvalue weighted by atomic mass is 10.1. The van der Waals surface area contributed by atoms with Gasteiger partial charge in [-0.15, -0.1) is 0 Å². The number of nitrogens with two attached hydrogens (primary N) is 1. The van der Waals surface area contributed by atoms with Crippen LogP contribution in [0, 0.1) is 0 Å². The maximum Gasteiger partial charge on any atom is 0.416 e. The van der Waals surface area contributed by atoms with Gasteiger partial charge in [0.2, 0.25) is 0 Å². The van der Waals surface area contributed by atoms with Crippen LogP contribution in [0.4, 0.5) is 26.3 Å². The highest BCUT2D eigenvalue weighted by atomic mass is 19.4. The van der Waals surface area contributed by atoms with Crippen molar-refractivity contribution in [1.29, 1.82) is 0 Å². The normalized spacial score (nSPS) is 17.9. The number of alkyl halides is 6. The van der Waals surface area contributed by atoms with Gasteiger partial charge in [0.1, 0.15) is 12.4 Å². The molecule has 112 valence electrons. The zero-order valence-electron chi connectivity index (χ0n) is 10.1. The molecule has 20 heavy (non-hydrogen) atoms. The lowest BCUT2D eigenvalue weighted by Gasteiger charge is -2.16. The van der Waals surface area contributed by atoms with Gasteiger partial charge < -0.3 is 10.5 Å². The minimum Gasteiger partial charge on any atom is -0.492 e. The van der Waals surface area contributed by atoms with Crippen molar-refractivity contribution < 1.29 is 31.1 Å². The molecular formula is C12H11F6NO. The van der Waals surface area contributed by atoms with Crippen molar-refractivity contribution in [3.63, 3.8) is 0 Å². The quantitative estimate of drug-likeness (QED) is 0.866. The predicted molar refractivity (Wildman–Crippen MR) is 58.1 cm³/mol. The van der Waals surface area contributed by atoms with Gasteiger partial charge in [-0.25, -0.2) is 0 Å². The van der Waals surface area contributed by atoms with Crippen molar-refractivity contribution in [2.75, 3.05) is 6.61 Å². The van der Waals surface area contributed by atoms with Crippen molar-refractivity contribution in [3.05, 3.63) is 29.3 Å². The largest absolute Gasteiger partial charge is 0.492 e. The summed E-state index contributed by atoms with van der Waals surface area (Å²) in [5, 5.41) is 0. The second-order valence-electron chi connectivity index (χ2n) is 4.89. The molecule has 0 atom stereocenters. The molecule has 2 nitrogen and oxygen atoms in total. The Labute approximate surface area is 110 Å². The lowest BCUT2D eigenvalue weighted by Crippen LogP contribution is -2.29. The van der Waals surface area contributed by atoms with E-state index in [-0.39, 0.29) is 12.7 Å². The van der Waals surface area contributed by atoms with Crippen molar-refractivity contribution >= 4 is 0 Å². The second-order valence-corrected chi connectivity index (χ2v) is 4.89. The molecule has 2 rings (SSSR count). The standard InChI is InChI=1S/C12H11F6NO/c13-11(14,15)7-3-8(12(16,17)18)5-9(4-7)20-6-10(19)1-2-10/h3-5H,1-2,6,19H2. The van der Waals surface area contributed by atoms with Gasteiger partial charge in [-0.2, -0.15) is 26.3 Å². The van der Waals surface area contributed by atoms with Gasteiger partial charge in [-0.3, -0.25) is 0 Å². The van der Waals surface area contributed by atoms with Crippen LogP contribution in [0.25, 0.3) is 0 Å². The Morgan fingerprint density at radius 1 is 0.950 bits per heavy atom. The van der Waals surface area contributed by atoms with Crippen LogP contribution >= 0.6 is 0 Å². The van der Waals surface area contributed by atoms with E-state index in [4.69, 9.17) is 10.5 Å². The molecule has 0 unspecified atom stereocenters. The Kier molecular flexibility index (Phi) is 3.40. The first-order chi connectivity index (χ1) is 9.00. The average Bonchev–Trinajstić information content (AvgIpc) is 3.03. The molecule has 0 spiro atoms. The summed E-state index contributed by atoms with van der Waals surface area (Å²) >= 11 is 0. The number of rotatable bonds is 3. The van der Waals surface area contributed by atoms with E-state index >= 15 is 0 Å². The van der Waals surface area contributed by atoms with Gasteiger partial charge in [0.25, 0.3) is 0 Å². The lowest BCUT2D eigenvalue weighted by molar-refractivity contribution is -0.143. The molecule has 0 radical (unpaired) electrons. The summed E-state index contributed by atoms with van der Waals surface area (Å²) in [5.41, 5.74) is 2.24.